The number of carbonyl (C=O) groups excluding carboxylic acids is 3. The smallest absolute Gasteiger partial charge is 0.258 e. The van der Waals surface area contributed by atoms with E-state index < -0.39 is 6.04 Å². The van der Waals surface area contributed by atoms with Gasteiger partial charge in [-0.2, -0.15) is 0 Å². The van der Waals surface area contributed by atoms with E-state index in [0.717, 1.165) is 5.56 Å². The fourth-order valence-electron chi connectivity index (χ4n) is 6.46. The maximum Gasteiger partial charge on any atom is 0.258 e. The number of rotatable bonds is 15. The van der Waals surface area contributed by atoms with Crippen LogP contribution in [0.25, 0.3) is 11.1 Å². The molecule has 274 valence electrons. The van der Waals surface area contributed by atoms with Crippen LogP contribution in [0.2, 0.25) is 0 Å². The van der Waals surface area contributed by atoms with Crippen molar-refractivity contribution in [3.8, 4) is 16.9 Å². The highest BCUT2D eigenvalue weighted by atomic mass is 16.5. The number of aliphatic hydroxyl groups is 1. The first-order valence-corrected chi connectivity index (χ1v) is 18.1. The van der Waals surface area contributed by atoms with Crippen LogP contribution in [0.5, 0.6) is 5.75 Å². The van der Waals surface area contributed by atoms with E-state index in [1.807, 2.05) is 37.3 Å². The van der Waals surface area contributed by atoms with Gasteiger partial charge in [0.25, 0.3) is 5.91 Å². The summed E-state index contributed by atoms with van der Waals surface area (Å²) in [6.45, 7) is 5.40. The van der Waals surface area contributed by atoms with Crippen molar-refractivity contribution in [3.05, 3.63) is 108 Å². The van der Waals surface area contributed by atoms with Gasteiger partial charge in [0.15, 0.2) is 5.75 Å². The lowest BCUT2D eigenvalue weighted by Gasteiger charge is -2.38. The number of benzene rings is 4. The molecule has 5 N–H and O–H groups in total. The van der Waals surface area contributed by atoms with Crippen LogP contribution in [-0.2, 0) is 16.1 Å². The molecule has 5 rings (SSSR count). The summed E-state index contributed by atoms with van der Waals surface area (Å²) in [6.07, 6.45) is 2.19. The first kappa shape index (κ1) is 38.1. The summed E-state index contributed by atoms with van der Waals surface area (Å²) in [6, 6.07) is 30.8. The van der Waals surface area contributed by atoms with E-state index in [9.17, 15) is 19.5 Å². The van der Waals surface area contributed by atoms with Crippen LogP contribution in [-0.4, -0.2) is 71.5 Å². The van der Waals surface area contributed by atoms with E-state index in [0.29, 0.717) is 73.7 Å². The van der Waals surface area contributed by atoms with Crippen LogP contribution in [0.4, 0.5) is 17.1 Å². The van der Waals surface area contributed by atoms with Gasteiger partial charge in [0.05, 0.1) is 35.3 Å². The van der Waals surface area contributed by atoms with Crippen molar-refractivity contribution in [1.82, 2.24) is 9.80 Å². The molecule has 0 unspecified atom stereocenters. The van der Waals surface area contributed by atoms with E-state index in [2.05, 4.69) is 65.9 Å². The second-order valence-corrected chi connectivity index (χ2v) is 13.8. The standard InChI is InChI=1S/C42H51N5O5/c1-29-25-47(30(2)28-48)42(51)34-15-12-18-37(45-40(50)20-9-5-8-19-39(49)44-36-17-11-10-16-35(36)43)41(34)52-38(29)27-46(3)26-31-21-23-33(24-22-31)32-13-6-4-7-14-32/h4,6-7,10-18,21-24,29-30,38,48H,5,8-9,19-20,25-28,43H2,1-3H3,(H,44,49)(H,45,50)/t29-,30-,38-/m1/s1. The Morgan fingerprint density at radius 1 is 0.865 bits per heavy atom. The number of unbranched alkanes of at least 4 members (excludes halogenated alkanes) is 2. The Bertz CT molecular complexity index is 1800. The molecular weight excluding hydrogens is 654 g/mol. The molecule has 0 bridgehead atoms. The fraction of sp³-hybridized carbons (Fsp3) is 0.357. The SMILES string of the molecule is C[C@@H]1CN([C@H](C)CO)C(=O)c2cccc(NC(=O)CCCCCC(=O)Nc3ccccc3N)c2O[C@@H]1CN(C)Cc1ccc(-c2ccccc2)cc1. The monoisotopic (exact) mass is 705 g/mol. The van der Waals surface area contributed by atoms with Gasteiger partial charge in [0.2, 0.25) is 11.8 Å². The number of nitrogens with zero attached hydrogens (tertiary/aromatic N) is 2. The van der Waals surface area contributed by atoms with Gasteiger partial charge in [0, 0.05) is 38.4 Å². The zero-order valence-electron chi connectivity index (χ0n) is 30.4. The largest absolute Gasteiger partial charge is 0.486 e. The van der Waals surface area contributed by atoms with Gasteiger partial charge < -0.3 is 31.1 Å². The molecule has 0 saturated heterocycles. The summed E-state index contributed by atoms with van der Waals surface area (Å²) in [5.41, 5.74) is 11.3. The molecule has 0 aliphatic carbocycles. The Morgan fingerprint density at radius 3 is 2.15 bits per heavy atom. The predicted molar refractivity (Wildman–Crippen MR) is 207 cm³/mol. The molecule has 0 fully saturated rings. The maximum absolute atomic E-state index is 13.9. The fourth-order valence-corrected chi connectivity index (χ4v) is 6.46. The average Bonchev–Trinajstić information content (AvgIpc) is 3.14. The number of aliphatic hydroxyl groups excluding tert-OH is 1. The summed E-state index contributed by atoms with van der Waals surface area (Å²) >= 11 is 0. The van der Waals surface area contributed by atoms with Crippen LogP contribution in [0, 0.1) is 5.92 Å². The normalized spacial score (nSPS) is 16.3. The van der Waals surface area contributed by atoms with Crippen LogP contribution >= 0.6 is 0 Å². The third kappa shape index (κ3) is 10.2. The van der Waals surface area contributed by atoms with E-state index in [-0.39, 0.29) is 42.8 Å². The number of ether oxygens (including phenoxy) is 1. The lowest BCUT2D eigenvalue weighted by molar-refractivity contribution is -0.116. The second kappa shape index (κ2) is 18.3. The molecule has 3 atom stereocenters. The maximum atomic E-state index is 13.9. The number of hydrogen-bond donors (Lipinski definition) is 4. The Labute approximate surface area is 307 Å². The highest BCUT2D eigenvalue weighted by molar-refractivity contribution is 6.01. The van der Waals surface area contributed by atoms with Crippen LogP contribution in [0.15, 0.2) is 97.1 Å². The molecule has 10 nitrogen and oxygen atoms in total. The minimum Gasteiger partial charge on any atom is -0.486 e. The number of nitrogens with one attached hydrogen (secondary N) is 2. The van der Waals surface area contributed by atoms with Crippen molar-refractivity contribution in [2.45, 2.75) is 64.6 Å². The van der Waals surface area contributed by atoms with Crippen molar-refractivity contribution in [3.63, 3.8) is 0 Å². The van der Waals surface area contributed by atoms with Gasteiger partial charge in [-0.25, -0.2) is 0 Å². The number of likely N-dealkylation sites (N-methyl/N-ethyl adjacent to an activating group) is 1. The number of carbonyl (C=O) groups is 3. The van der Waals surface area contributed by atoms with Crippen molar-refractivity contribution >= 4 is 34.8 Å². The number of anilines is 3. The van der Waals surface area contributed by atoms with Gasteiger partial charge in [0.1, 0.15) is 6.10 Å². The quantitative estimate of drug-likeness (QED) is 0.0788. The molecule has 0 saturated carbocycles. The summed E-state index contributed by atoms with van der Waals surface area (Å²) in [4.78, 5) is 43.3. The Hall–Kier alpha value is -5.19. The number of amides is 3. The molecule has 52 heavy (non-hydrogen) atoms. The third-order valence-corrected chi connectivity index (χ3v) is 9.51. The topological polar surface area (TPSA) is 137 Å². The van der Waals surface area contributed by atoms with E-state index >= 15 is 0 Å². The molecule has 0 aromatic heterocycles. The number of nitrogen functional groups attached to an aromatic ring is 1. The summed E-state index contributed by atoms with van der Waals surface area (Å²) < 4.78 is 6.71. The first-order valence-electron chi connectivity index (χ1n) is 18.1. The van der Waals surface area contributed by atoms with Crippen LogP contribution < -0.4 is 21.1 Å². The van der Waals surface area contributed by atoms with Crippen molar-refractivity contribution in [2.75, 3.05) is 43.1 Å². The van der Waals surface area contributed by atoms with E-state index in [4.69, 9.17) is 10.5 Å². The molecule has 4 aromatic rings. The number of para-hydroxylation sites is 3. The molecule has 0 radical (unpaired) electrons. The van der Waals surface area contributed by atoms with Crippen molar-refractivity contribution < 1.29 is 24.2 Å². The molecule has 1 aliphatic heterocycles. The van der Waals surface area contributed by atoms with E-state index in [1.165, 1.54) is 11.1 Å². The highest BCUT2D eigenvalue weighted by Crippen LogP contribution is 2.35. The number of hydrogen-bond acceptors (Lipinski definition) is 7. The molecule has 3 amide bonds. The van der Waals surface area contributed by atoms with Gasteiger partial charge in [-0.3, -0.25) is 19.3 Å². The highest BCUT2D eigenvalue weighted by Gasteiger charge is 2.34. The van der Waals surface area contributed by atoms with E-state index in [1.54, 1.807) is 35.2 Å². The molecule has 4 aromatic carbocycles. The van der Waals surface area contributed by atoms with Crippen molar-refractivity contribution in [1.29, 1.82) is 0 Å². The van der Waals surface area contributed by atoms with Crippen LogP contribution in [0.1, 0.15) is 61.9 Å². The minimum absolute atomic E-state index is 0.0757. The van der Waals surface area contributed by atoms with Crippen LogP contribution in [0.3, 0.4) is 0 Å². The summed E-state index contributed by atoms with van der Waals surface area (Å²) in [5, 5.41) is 15.9. The molecular formula is C42H51N5O5. The Morgan fingerprint density at radius 2 is 1.48 bits per heavy atom. The van der Waals surface area contributed by atoms with Gasteiger partial charge >= 0.3 is 0 Å². The van der Waals surface area contributed by atoms with Crippen molar-refractivity contribution in [2.24, 2.45) is 5.92 Å². The Kier molecular flexibility index (Phi) is 13.4. The lowest BCUT2D eigenvalue weighted by atomic mass is 9.98. The third-order valence-electron chi connectivity index (χ3n) is 9.51. The summed E-state index contributed by atoms with van der Waals surface area (Å²) in [7, 11) is 2.05. The first-order chi connectivity index (χ1) is 25.1. The zero-order valence-corrected chi connectivity index (χ0v) is 30.4. The lowest BCUT2D eigenvalue weighted by Crippen LogP contribution is -2.49. The molecule has 1 aliphatic rings. The van der Waals surface area contributed by atoms with Gasteiger partial charge in [-0.1, -0.05) is 86.1 Å². The number of fused-ring (bicyclic) bond motifs is 1. The second-order valence-electron chi connectivity index (χ2n) is 13.8. The minimum atomic E-state index is -0.396. The summed E-state index contributed by atoms with van der Waals surface area (Å²) in [5.74, 6) is -0.306. The van der Waals surface area contributed by atoms with Gasteiger partial charge in [-0.15, -0.1) is 0 Å². The Balaban J connectivity index is 1.23. The number of nitrogens with two attached hydrogens (primary N) is 1. The molecule has 1 heterocycles. The predicted octanol–water partition coefficient (Wildman–Crippen LogP) is 6.82. The average molecular weight is 706 g/mol. The van der Waals surface area contributed by atoms with Gasteiger partial charge in [-0.05, 0) is 67.8 Å². The molecule has 10 heteroatoms. The molecule has 0 spiro atoms. The zero-order chi connectivity index (χ0) is 37.0.